The zero-order valence-corrected chi connectivity index (χ0v) is 13.9. The highest BCUT2D eigenvalue weighted by molar-refractivity contribution is 6.32. The highest BCUT2D eigenvalue weighted by Crippen LogP contribution is 2.38. The lowest BCUT2D eigenvalue weighted by Crippen LogP contribution is -2.08. The van der Waals surface area contributed by atoms with E-state index in [9.17, 15) is 14.3 Å². The molecule has 0 aromatic heterocycles. The van der Waals surface area contributed by atoms with E-state index < -0.39 is 11.8 Å². The number of halogens is 2. The third-order valence-corrected chi connectivity index (χ3v) is 4.31. The number of carbonyl (C=O) groups is 1. The van der Waals surface area contributed by atoms with Gasteiger partial charge in [0.1, 0.15) is 5.82 Å². The van der Waals surface area contributed by atoms with E-state index in [0.717, 1.165) is 12.8 Å². The molecule has 0 spiro atoms. The largest absolute Gasteiger partial charge is 0.490 e. The van der Waals surface area contributed by atoms with Crippen LogP contribution in [0.2, 0.25) is 5.02 Å². The first-order chi connectivity index (χ1) is 11.5. The van der Waals surface area contributed by atoms with Crippen LogP contribution in [0.5, 0.6) is 5.75 Å². The van der Waals surface area contributed by atoms with Crippen LogP contribution >= 0.6 is 11.6 Å². The predicted molar refractivity (Wildman–Crippen MR) is 91.1 cm³/mol. The van der Waals surface area contributed by atoms with Crippen LogP contribution in [-0.4, -0.2) is 17.7 Å². The third-order valence-electron chi connectivity index (χ3n) is 4.01. The van der Waals surface area contributed by atoms with Crippen LogP contribution in [0.15, 0.2) is 30.3 Å². The fourth-order valence-electron chi connectivity index (χ4n) is 2.45. The van der Waals surface area contributed by atoms with E-state index in [1.807, 2.05) is 0 Å². The van der Waals surface area contributed by atoms with Gasteiger partial charge in [0, 0.05) is 5.56 Å². The summed E-state index contributed by atoms with van der Waals surface area (Å²) in [6.45, 7) is 2.01. The van der Waals surface area contributed by atoms with Crippen LogP contribution in [0.3, 0.4) is 0 Å². The third kappa shape index (κ3) is 3.46. The van der Waals surface area contributed by atoms with E-state index in [4.69, 9.17) is 16.3 Å². The lowest BCUT2D eigenvalue weighted by Gasteiger charge is -2.17. The van der Waals surface area contributed by atoms with Gasteiger partial charge >= 0.3 is 5.97 Å². The lowest BCUT2D eigenvalue weighted by atomic mass is 10.1. The van der Waals surface area contributed by atoms with Gasteiger partial charge in [-0.3, -0.25) is 0 Å². The molecule has 1 fully saturated rings. The lowest BCUT2D eigenvalue weighted by molar-refractivity contribution is 0.0696. The van der Waals surface area contributed by atoms with Gasteiger partial charge in [-0.05, 0) is 49.9 Å². The highest BCUT2D eigenvalue weighted by atomic mass is 35.5. The molecule has 0 unspecified atom stereocenters. The first kappa shape index (κ1) is 16.6. The van der Waals surface area contributed by atoms with Crippen molar-refractivity contribution < 1.29 is 19.0 Å². The Morgan fingerprint density at radius 3 is 2.75 bits per heavy atom. The monoisotopic (exact) mass is 349 g/mol. The zero-order valence-electron chi connectivity index (χ0n) is 13.1. The van der Waals surface area contributed by atoms with Gasteiger partial charge < -0.3 is 15.2 Å². The Morgan fingerprint density at radius 2 is 2.08 bits per heavy atom. The molecule has 0 heterocycles. The molecule has 2 aromatic rings. The topological polar surface area (TPSA) is 58.6 Å². The molecule has 24 heavy (non-hydrogen) atoms. The Balaban J connectivity index is 1.95. The fraction of sp³-hybridized carbons (Fsp3) is 0.278. The van der Waals surface area contributed by atoms with Gasteiger partial charge in [-0.1, -0.05) is 17.7 Å². The van der Waals surface area contributed by atoms with Crippen molar-refractivity contribution in [3.8, 4) is 5.75 Å². The number of anilines is 2. The van der Waals surface area contributed by atoms with Gasteiger partial charge in [0.2, 0.25) is 0 Å². The smallest absolute Gasteiger partial charge is 0.338 e. The number of hydrogen-bond acceptors (Lipinski definition) is 3. The van der Waals surface area contributed by atoms with Gasteiger partial charge in [-0.25, -0.2) is 9.18 Å². The van der Waals surface area contributed by atoms with E-state index in [-0.39, 0.29) is 11.1 Å². The molecule has 1 aliphatic rings. The summed E-state index contributed by atoms with van der Waals surface area (Å²) in [5.74, 6) is -0.729. The quantitative estimate of drug-likeness (QED) is 0.769. The normalized spacial score (nSPS) is 13.6. The summed E-state index contributed by atoms with van der Waals surface area (Å²) in [5.41, 5.74) is 0.815. The minimum absolute atomic E-state index is 0.0787. The zero-order chi connectivity index (χ0) is 17.3. The van der Waals surface area contributed by atoms with Crippen molar-refractivity contribution in [2.24, 2.45) is 5.92 Å². The van der Waals surface area contributed by atoms with E-state index in [1.165, 1.54) is 19.1 Å². The highest BCUT2D eigenvalue weighted by Gasteiger charge is 2.23. The number of aromatic carboxylic acids is 1. The number of para-hydroxylation sites is 1. The number of carboxylic acid groups (broad SMARTS) is 1. The molecule has 0 aliphatic heterocycles. The van der Waals surface area contributed by atoms with Crippen molar-refractivity contribution in [1.29, 1.82) is 0 Å². The first-order valence-electron chi connectivity index (χ1n) is 7.68. The molecule has 2 N–H and O–H groups in total. The molecule has 126 valence electrons. The molecule has 0 atom stereocenters. The summed E-state index contributed by atoms with van der Waals surface area (Å²) in [6.07, 6.45) is 2.29. The van der Waals surface area contributed by atoms with Crippen LogP contribution in [0.1, 0.15) is 28.8 Å². The Morgan fingerprint density at radius 1 is 1.33 bits per heavy atom. The van der Waals surface area contributed by atoms with Crippen molar-refractivity contribution >= 4 is 28.9 Å². The summed E-state index contributed by atoms with van der Waals surface area (Å²) < 4.78 is 19.5. The Kier molecular flexibility index (Phi) is 4.62. The Bertz CT molecular complexity index is 790. The number of ether oxygens (including phenoxy) is 1. The number of benzene rings is 2. The molecule has 3 rings (SSSR count). The minimum Gasteiger partial charge on any atom is -0.490 e. The Labute approximate surface area is 144 Å². The SMILES string of the molecule is Cc1c(F)ccc(Nc2cccc(Cl)c2OCC2CC2)c1C(=O)O. The molecular weight excluding hydrogens is 333 g/mol. The molecule has 1 aliphatic carbocycles. The molecule has 0 bridgehead atoms. The maximum Gasteiger partial charge on any atom is 0.338 e. The first-order valence-corrected chi connectivity index (χ1v) is 8.06. The standard InChI is InChI=1S/C18H17ClFNO3/c1-10-13(20)7-8-14(16(10)18(22)23)21-15-4-2-3-12(19)17(15)24-9-11-5-6-11/h2-4,7-8,11,21H,5-6,9H2,1H3,(H,22,23). The summed E-state index contributed by atoms with van der Waals surface area (Å²) in [4.78, 5) is 11.5. The minimum atomic E-state index is -1.20. The van der Waals surface area contributed by atoms with Crippen molar-refractivity contribution in [3.05, 3.63) is 52.3 Å². The summed E-state index contributed by atoms with van der Waals surface area (Å²) in [5, 5.41) is 12.9. The molecular formula is C18H17ClFNO3. The van der Waals surface area contributed by atoms with Gasteiger partial charge in [-0.2, -0.15) is 0 Å². The van der Waals surface area contributed by atoms with Gasteiger partial charge in [0.25, 0.3) is 0 Å². The number of nitrogens with one attached hydrogen (secondary N) is 1. The van der Waals surface area contributed by atoms with E-state index in [0.29, 0.717) is 34.7 Å². The molecule has 1 saturated carbocycles. The average Bonchev–Trinajstić information content (AvgIpc) is 3.34. The van der Waals surface area contributed by atoms with Gasteiger partial charge in [0.15, 0.2) is 5.75 Å². The molecule has 0 saturated heterocycles. The van der Waals surface area contributed by atoms with E-state index in [2.05, 4.69) is 5.32 Å². The number of rotatable bonds is 6. The van der Waals surface area contributed by atoms with Gasteiger partial charge in [0.05, 0.1) is 28.6 Å². The van der Waals surface area contributed by atoms with Crippen molar-refractivity contribution in [2.45, 2.75) is 19.8 Å². The maximum absolute atomic E-state index is 13.7. The van der Waals surface area contributed by atoms with E-state index >= 15 is 0 Å². The van der Waals surface area contributed by atoms with Crippen LogP contribution in [0, 0.1) is 18.7 Å². The van der Waals surface area contributed by atoms with Crippen molar-refractivity contribution in [3.63, 3.8) is 0 Å². The molecule has 4 nitrogen and oxygen atoms in total. The number of carboxylic acids is 1. The van der Waals surface area contributed by atoms with Crippen LogP contribution in [0.25, 0.3) is 0 Å². The summed E-state index contributed by atoms with van der Waals surface area (Å²) in [6, 6.07) is 7.84. The molecule has 0 radical (unpaired) electrons. The second-order valence-electron chi connectivity index (χ2n) is 5.90. The van der Waals surface area contributed by atoms with Crippen molar-refractivity contribution in [1.82, 2.24) is 0 Å². The Hall–Kier alpha value is -2.27. The number of hydrogen-bond donors (Lipinski definition) is 2. The fourth-order valence-corrected chi connectivity index (χ4v) is 2.68. The van der Waals surface area contributed by atoms with Crippen LogP contribution in [-0.2, 0) is 0 Å². The molecule has 2 aromatic carbocycles. The predicted octanol–water partition coefficient (Wildman–Crippen LogP) is 5.02. The average molecular weight is 350 g/mol. The molecule has 6 heteroatoms. The second-order valence-corrected chi connectivity index (χ2v) is 6.30. The van der Waals surface area contributed by atoms with Crippen LogP contribution in [0.4, 0.5) is 15.8 Å². The summed E-state index contributed by atoms with van der Waals surface area (Å²) in [7, 11) is 0. The summed E-state index contributed by atoms with van der Waals surface area (Å²) >= 11 is 6.22. The molecule has 0 amide bonds. The van der Waals surface area contributed by atoms with Gasteiger partial charge in [-0.15, -0.1) is 0 Å². The van der Waals surface area contributed by atoms with Crippen molar-refractivity contribution in [2.75, 3.05) is 11.9 Å². The second kappa shape index (κ2) is 6.69. The van der Waals surface area contributed by atoms with Crippen LogP contribution < -0.4 is 10.1 Å². The van der Waals surface area contributed by atoms with E-state index in [1.54, 1.807) is 18.2 Å². The maximum atomic E-state index is 13.7.